The summed E-state index contributed by atoms with van der Waals surface area (Å²) in [6, 6.07) is 11.2. The number of tetrazole rings is 1. The van der Waals surface area contributed by atoms with E-state index in [1.165, 1.54) is 16.0 Å². The summed E-state index contributed by atoms with van der Waals surface area (Å²) in [5, 5.41) is 14.8. The Bertz CT molecular complexity index is 902. The summed E-state index contributed by atoms with van der Waals surface area (Å²) in [4.78, 5) is 26.7. The molecule has 9 nitrogen and oxygen atoms in total. The fraction of sp³-hybridized carbons (Fsp3) is 0.278. The predicted molar refractivity (Wildman–Crippen MR) is 96.2 cm³/mol. The second-order valence-electron chi connectivity index (χ2n) is 6.12. The van der Waals surface area contributed by atoms with Crippen molar-refractivity contribution in [2.24, 2.45) is 0 Å². The average molecular weight is 368 g/mol. The monoisotopic (exact) mass is 368 g/mol. The van der Waals surface area contributed by atoms with Crippen LogP contribution in [0.3, 0.4) is 0 Å². The van der Waals surface area contributed by atoms with Crippen LogP contribution in [0.1, 0.15) is 11.3 Å². The zero-order valence-electron chi connectivity index (χ0n) is 15.1. The molecule has 27 heavy (non-hydrogen) atoms. The molecular formula is C18H20N6O3. The standard InChI is InChI=1S/C18H20N6O3/c1-13-5-7-14(8-6-13)18-20-22-24(21-18)12-17(26)23(2)11-16(25)19-10-15-4-3-9-27-15/h3-9H,10-12H2,1-2H3,(H,19,25). The highest BCUT2D eigenvalue weighted by Gasteiger charge is 2.15. The first-order valence-corrected chi connectivity index (χ1v) is 8.39. The molecule has 2 amide bonds. The number of aromatic nitrogens is 4. The molecule has 0 aliphatic rings. The number of hydrogen-bond acceptors (Lipinski definition) is 6. The molecule has 1 N–H and O–H groups in total. The SMILES string of the molecule is Cc1ccc(-c2nnn(CC(=O)N(C)CC(=O)NCc3ccco3)n2)cc1. The van der Waals surface area contributed by atoms with Crippen molar-refractivity contribution in [3.8, 4) is 11.4 Å². The van der Waals surface area contributed by atoms with Gasteiger partial charge in [-0.1, -0.05) is 29.8 Å². The van der Waals surface area contributed by atoms with Crippen LogP contribution in [-0.4, -0.2) is 50.5 Å². The van der Waals surface area contributed by atoms with Crippen LogP contribution >= 0.6 is 0 Å². The highest BCUT2D eigenvalue weighted by molar-refractivity contribution is 5.84. The zero-order valence-corrected chi connectivity index (χ0v) is 15.1. The predicted octanol–water partition coefficient (Wildman–Crippen LogP) is 1.02. The minimum atomic E-state index is -0.295. The molecule has 0 aliphatic carbocycles. The van der Waals surface area contributed by atoms with Gasteiger partial charge in [-0.05, 0) is 24.3 Å². The van der Waals surface area contributed by atoms with E-state index in [2.05, 4.69) is 20.7 Å². The third-order valence-electron chi connectivity index (χ3n) is 3.89. The molecule has 0 bridgehead atoms. The van der Waals surface area contributed by atoms with Gasteiger partial charge in [0, 0.05) is 12.6 Å². The van der Waals surface area contributed by atoms with E-state index in [0.29, 0.717) is 11.6 Å². The van der Waals surface area contributed by atoms with Crippen molar-refractivity contribution in [1.82, 2.24) is 30.4 Å². The van der Waals surface area contributed by atoms with Crippen LogP contribution in [0.4, 0.5) is 0 Å². The molecule has 0 saturated heterocycles. The van der Waals surface area contributed by atoms with Crippen LogP contribution in [0, 0.1) is 6.92 Å². The maximum absolute atomic E-state index is 12.3. The Hall–Kier alpha value is -3.49. The molecule has 1 aromatic carbocycles. The lowest BCUT2D eigenvalue weighted by Crippen LogP contribution is -2.39. The smallest absolute Gasteiger partial charge is 0.246 e. The van der Waals surface area contributed by atoms with Gasteiger partial charge in [-0.2, -0.15) is 4.80 Å². The first kappa shape index (κ1) is 18.3. The number of amides is 2. The van der Waals surface area contributed by atoms with Gasteiger partial charge in [-0.15, -0.1) is 10.2 Å². The lowest BCUT2D eigenvalue weighted by atomic mass is 10.1. The van der Waals surface area contributed by atoms with Crippen LogP contribution in [0.5, 0.6) is 0 Å². The topological polar surface area (TPSA) is 106 Å². The molecule has 0 saturated carbocycles. The summed E-state index contributed by atoms with van der Waals surface area (Å²) in [5.74, 6) is 0.513. The number of benzene rings is 1. The summed E-state index contributed by atoms with van der Waals surface area (Å²) in [6.07, 6.45) is 1.53. The fourth-order valence-corrected chi connectivity index (χ4v) is 2.33. The van der Waals surface area contributed by atoms with Crippen LogP contribution < -0.4 is 5.32 Å². The molecule has 0 radical (unpaired) electrons. The number of nitrogens with zero attached hydrogens (tertiary/aromatic N) is 5. The van der Waals surface area contributed by atoms with E-state index < -0.39 is 0 Å². The van der Waals surface area contributed by atoms with E-state index in [-0.39, 0.29) is 31.4 Å². The number of carbonyl (C=O) groups excluding carboxylic acids is 2. The number of furan rings is 1. The highest BCUT2D eigenvalue weighted by atomic mass is 16.3. The Morgan fingerprint density at radius 1 is 1.22 bits per heavy atom. The van der Waals surface area contributed by atoms with Crippen LogP contribution in [0.2, 0.25) is 0 Å². The van der Waals surface area contributed by atoms with E-state index in [4.69, 9.17) is 4.42 Å². The lowest BCUT2D eigenvalue weighted by molar-refractivity contribution is -0.135. The lowest BCUT2D eigenvalue weighted by Gasteiger charge is -2.16. The summed E-state index contributed by atoms with van der Waals surface area (Å²) in [7, 11) is 1.55. The third-order valence-corrected chi connectivity index (χ3v) is 3.89. The number of carbonyl (C=O) groups is 2. The minimum Gasteiger partial charge on any atom is -0.467 e. The van der Waals surface area contributed by atoms with Crippen LogP contribution in [0.25, 0.3) is 11.4 Å². The molecule has 2 aromatic heterocycles. The molecule has 3 rings (SSSR count). The van der Waals surface area contributed by atoms with Crippen molar-refractivity contribution in [1.29, 1.82) is 0 Å². The number of likely N-dealkylation sites (N-methyl/N-ethyl adjacent to an activating group) is 1. The van der Waals surface area contributed by atoms with Gasteiger partial charge in [-0.3, -0.25) is 9.59 Å². The maximum atomic E-state index is 12.3. The summed E-state index contributed by atoms with van der Waals surface area (Å²) in [5.41, 5.74) is 1.96. The summed E-state index contributed by atoms with van der Waals surface area (Å²) < 4.78 is 5.14. The van der Waals surface area contributed by atoms with Gasteiger partial charge in [0.1, 0.15) is 12.3 Å². The van der Waals surface area contributed by atoms with Gasteiger partial charge in [0.15, 0.2) is 0 Å². The minimum absolute atomic E-state index is 0.0704. The van der Waals surface area contributed by atoms with Gasteiger partial charge in [0.2, 0.25) is 17.6 Å². The first-order valence-electron chi connectivity index (χ1n) is 8.39. The summed E-state index contributed by atoms with van der Waals surface area (Å²) >= 11 is 0. The normalized spacial score (nSPS) is 10.6. The van der Waals surface area contributed by atoms with Gasteiger partial charge < -0.3 is 14.6 Å². The molecule has 3 aromatic rings. The van der Waals surface area contributed by atoms with Crippen LogP contribution in [-0.2, 0) is 22.7 Å². The Morgan fingerprint density at radius 3 is 2.70 bits per heavy atom. The second-order valence-corrected chi connectivity index (χ2v) is 6.12. The molecule has 0 fully saturated rings. The molecule has 2 heterocycles. The highest BCUT2D eigenvalue weighted by Crippen LogP contribution is 2.13. The Kier molecular flexibility index (Phi) is 5.60. The van der Waals surface area contributed by atoms with Gasteiger partial charge in [-0.25, -0.2) is 0 Å². The quantitative estimate of drug-likeness (QED) is 0.667. The van der Waals surface area contributed by atoms with Gasteiger partial charge in [0.05, 0.1) is 19.4 Å². The van der Waals surface area contributed by atoms with Crippen molar-refractivity contribution in [2.75, 3.05) is 13.6 Å². The number of rotatable bonds is 7. The van der Waals surface area contributed by atoms with Crippen molar-refractivity contribution < 1.29 is 14.0 Å². The Labute approximate surface area is 156 Å². The van der Waals surface area contributed by atoms with E-state index in [0.717, 1.165) is 11.1 Å². The van der Waals surface area contributed by atoms with E-state index in [1.807, 2.05) is 31.2 Å². The fourth-order valence-electron chi connectivity index (χ4n) is 2.33. The number of hydrogen-bond donors (Lipinski definition) is 1. The third kappa shape index (κ3) is 5.00. The van der Waals surface area contributed by atoms with E-state index in [1.54, 1.807) is 19.2 Å². The van der Waals surface area contributed by atoms with Crippen LogP contribution in [0.15, 0.2) is 47.1 Å². The van der Waals surface area contributed by atoms with E-state index in [9.17, 15) is 9.59 Å². The van der Waals surface area contributed by atoms with Crippen molar-refractivity contribution in [2.45, 2.75) is 20.0 Å². The molecule has 140 valence electrons. The van der Waals surface area contributed by atoms with Crippen molar-refractivity contribution in [3.05, 3.63) is 54.0 Å². The molecular weight excluding hydrogens is 348 g/mol. The maximum Gasteiger partial charge on any atom is 0.246 e. The molecule has 0 spiro atoms. The largest absolute Gasteiger partial charge is 0.467 e. The average Bonchev–Trinajstić information content (AvgIpc) is 3.32. The Morgan fingerprint density at radius 2 is 2.00 bits per heavy atom. The number of nitrogens with one attached hydrogen (secondary N) is 1. The molecule has 9 heteroatoms. The second kappa shape index (κ2) is 8.26. The van der Waals surface area contributed by atoms with Crippen molar-refractivity contribution in [3.63, 3.8) is 0 Å². The molecule has 0 aliphatic heterocycles. The Balaban J connectivity index is 1.50. The molecule has 0 unspecified atom stereocenters. The number of aryl methyl sites for hydroxylation is 1. The van der Waals surface area contributed by atoms with Crippen molar-refractivity contribution >= 4 is 11.8 Å². The summed E-state index contributed by atoms with van der Waals surface area (Å²) in [6.45, 7) is 2.10. The first-order chi connectivity index (χ1) is 13.0. The zero-order chi connectivity index (χ0) is 19.2. The van der Waals surface area contributed by atoms with Gasteiger partial charge in [0.25, 0.3) is 0 Å². The van der Waals surface area contributed by atoms with E-state index >= 15 is 0 Å². The van der Waals surface area contributed by atoms with Gasteiger partial charge >= 0.3 is 0 Å². The molecule has 0 atom stereocenters.